The third kappa shape index (κ3) is 2.65. The van der Waals surface area contributed by atoms with Crippen molar-refractivity contribution in [2.75, 3.05) is 0 Å². The molecule has 0 aliphatic heterocycles. The number of aromatic nitrogens is 1. The Hall–Kier alpha value is -1.58. The maximum Gasteiger partial charge on any atom is 0.387 e. The van der Waals surface area contributed by atoms with Crippen LogP contribution in [-0.2, 0) is 0 Å². The molecule has 108 valence electrons. The van der Waals surface area contributed by atoms with Crippen molar-refractivity contribution in [1.29, 1.82) is 0 Å². The molecule has 1 heterocycles. The van der Waals surface area contributed by atoms with Crippen molar-refractivity contribution < 1.29 is 13.5 Å². The Kier molecular flexibility index (Phi) is 3.64. The molecule has 1 aromatic carbocycles. The molecule has 3 rings (SSSR count). The van der Waals surface area contributed by atoms with Gasteiger partial charge in [0.15, 0.2) is 0 Å². The second-order valence-corrected chi connectivity index (χ2v) is 5.80. The van der Waals surface area contributed by atoms with E-state index in [9.17, 15) is 8.78 Å². The van der Waals surface area contributed by atoms with Gasteiger partial charge in [0.2, 0.25) is 0 Å². The smallest absolute Gasteiger partial charge is 0.387 e. The van der Waals surface area contributed by atoms with Gasteiger partial charge in [0.25, 0.3) is 0 Å². The molecule has 2 unspecified atom stereocenters. The first-order valence-corrected chi connectivity index (χ1v) is 7.19. The summed E-state index contributed by atoms with van der Waals surface area (Å²) in [4.78, 5) is 3.24. The lowest BCUT2D eigenvalue weighted by Gasteiger charge is -2.26. The highest BCUT2D eigenvalue weighted by molar-refractivity contribution is 5.85. The third-order valence-electron chi connectivity index (χ3n) is 4.29. The second kappa shape index (κ2) is 5.43. The van der Waals surface area contributed by atoms with Gasteiger partial charge < -0.3 is 9.72 Å². The average molecular weight is 279 g/mol. The number of ether oxygens (including phenoxy) is 1. The van der Waals surface area contributed by atoms with Crippen molar-refractivity contribution >= 4 is 10.9 Å². The number of aromatic amines is 1. The predicted octanol–water partition coefficient (Wildman–Crippen LogP) is 5.06. The van der Waals surface area contributed by atoms with Crippen molar-refractivity contribution in [3.8, 4) is 5.75 Å². The van der Waals surface area contributed by atoms with Gasteiger partial charge in [0.05, 0.1) is 0 Å². The second-order valence-electron chi connectivity index (χ2n) is 5.80. The Morgan fingerprint density at radius 3 is 2.90 bits per heavy atom. The van der Waals surface area contributed by atoms with E-state index in [2.05, 4.69) is 16.6 Å². The Balaban J connectivity index is 1.94. The number of rotatable bonds is 3. The summed E-state index contributed by atoms with van der Waals surface area (Å²) in [6, 6.07) is 5.12. The molecule has 0 amide bonds. The van der Waals surface area contributed by atoms with E-state index in [-0.39, 0.29) is 5.75 Å². The molecule has 1 aliphatic carbocycles. The van der Waals surface area contributed by atoms with E-state index in [0.29, 0.717) is 5.92 Å². The Labute approximate surface area is 117 Å². The number of hydrogen-bond donors (Lipinski definition) is 1. The minimum atomic E-state index is -2.77. The van der Waals surface area contributed by atoms with E-state index >= 15 is 0 Å². The fourth-order valence-corrected chi connectivity index (χ4v) is 3.35. The van der Waals surface area contributed by atoms with Crippen molar-refractivity contribution in [3.63, 3.8) is 0 Å². The zero-order valence-electron chi connectivity index (χ0n) is 11.5. The van der Waals surface area contributed by atoms with Crippen molar-refractivity contribution in [2.45, 2.75) is 45.1 Å². The summed E-state index contributed by atoms with van der Waals surface area (Å²) in [5.74, 6) is 1.49. The summed E-state index contributed by atoms with van der Waals surface area (Å²) in [5, 5.41) is 1.02. The molecule has 1 fully saturated rings. The van der Waals surface area contributed by atoms with E-state index in [1.165, 1.54) is 31.2 Å². The van der Waals surface area contributed by atoms with Crippen LogP contribution in [0.1, 0.15) is 44.1 Å². The van der Waals surface area contributed by atoms with Crippen LogP contribution < -0.4 is 4.74 Å². The Morgan fingerprint density at radius 1 is 1.30 bits per heavy atom. The monoisotopic (exact) mass is 279 g/mol. The van der Waals surface area contributed by atoms with Gasteiger partial charge in [-0.2, -0.15) is 8.78 Å². The van der Waals surface area contributed by atoms with Gasteiger partial charge in [0.1, 0.15) is 5.75 Å². The maximum absolute atomic E-state index is 12.3. The van der Waals surface area contributed by atoms with Crippen LogP contribution in [0.3, 0.4) is 0 Å². The maximum atomic E-state index is 12.3. The first-order valence-electron chi connectivity index (χ1n) is 7.19. The van der Waals surface area contributed by atoms with Crippen LogP contribution in [0.25, 0.3) is 10.9 Å². The SMILES string of the molecule is CC1CCCC(c2c[nH]c3ccc(OC(F)F)cc23)C1. The topological polar surface area (TPSA) is 25.0 Å². The fraction of sp³-hybridized carbons (Fsp3) is 0.500. The number of fused-ring (bicyclic) bond motifs is 1. The molecule has 0 bridgehead atoms. The quantitative estimate of drug-likeness (QED) is 0.834. The van der Waals surface area contributed by atoms with Gasteiger partial charge in [-0.05, 0) is 48.4 Å². The van der Waals surface area contributed by atoms with E-state index in [1.54, 1.807) is 12.1 Å². The molecule has 1 saturated carbocycles. The molecule has 1 aliphatic rings. The Morgan fingerprint density at radius 2 is 2.15 bits per heavy atom. The van der Waals surface area contributed by atoms with Crippen molar-refractivity contribution in [3.05, 3.63) is 30.0 Å². The van der Waals surface area contributed by atoms with E-state index in [4.69, 9.17) is 0 Å². The molecule has 2 aromatic rings. The van der Waals surface area contributed by atoms with Crippen LogP contribution in [0.4, 0.5) is 8.78 Å². The summed E-state index contributed by atoms with van der Waals surface area (Å²) in [7, 11) is 0. The van der Waals surface area contributed by atoms with Crippen molar-refractivity contribution in [2.24, 2.45) is 5.92 Å². The standard InChI is InChI=1S/C16H19F2NO/c1-10-3-2-4-11(7-10)14-9-19-15-6-5-12(8-13(14)15)20-16(17)18/h5-6,8-11,16,19H,2-4,7H2,1H3. The highest BCUT2D eigenvalue weighted by atomic mass is 19.3. The van der Waals surface area contributed by atoms with Crippen LogP contribution in [0.15, 0.2) is 24.4 Å². The highest BCUT2D eigenvalue weighted by Crippen LogP contribution is 2.39. The minimum absolute atomic E-state index is 0.234. The summed E-state index contributed by atoms with van der Waals surface area (Å²) >= 11 is 0. The highest BCUT2D eigenvalue weighted by Gasteiger charge is 2.23. The molecular weight excluding hydrogens is 260 g/mol. The zero-order valence-corrected chi connectivity index (χ0v) is 11.5. The number of H-pyrrole nitrogens is 1. The normalized spacial score (nSPS) is 23.4. The van der Waals surface area contributed by atoms with Gasteiger partial charge in [0, 0.05) is 17.1 Å². The summed E-state index contributed by atoms with van der Waals surface area (Å²) in [5.41, 5.74) is 2.23. The molecule has 2 nitrogen and oxygen atoms in total. The number of hydrogen-bond acceptors (Lipinski definition) is 1. The number of benzene rings is 1. The molecule has 4 heteroatoms. The number of halogens is 2. The van der Waals surface area contributed by atoms with Gasteiger partial charge in [-0.3, -0.25) is 0 Å². The molecule has 0 spiro atoms. The van der Waals surface area contributed by atoms with Gasteiger partial charge in [-0.15, -0.1) is 0 Å². The lowest BCUT2D eigenvalue weighted by Crippen LogP contribution is -2.11. The largest absolute Gasteiger partial charge is 0.435 e. The first kappa shape index (κ1) is 13.4. The summed E-state index contributed by atoms with van der Waals surface area (Å²) < 4.78 is 29.2. The van der Waals surface area contributed by atoms with E-state index < -0.39 is 6.61 Å². The van der Waals surface area contributed by atoms with Crippen LogP contribution in [-0.4, -0.2) is 11.6 Å². The number of nitrogens with one attached hydrogen (secondary N) is 1. The van der Waals surface area contributed by atoms with Crippen LogP contribution in [0, 0.1) is 5.92 Å². The molecule has 0 radical (unpaired) electrons. The predicted molar refractivity (Wildman–Crippen MR) is 75.3 cm³/mol. The first-order chi connectivity index (χ1) is 9.63. The molecular formula is C16H19F2NO. The average Bonchev–Trinajstić information content (AvgIpc) is 2.81. The van der Waals surface area contributed by atoms with Gasteiger partial charge in [-0.1, -0.05) is 19.8 Å². The zero-order chi connectivity index (χ0) is 14.1. The van der Waals surface area contributed by atoms with E-state index in [1.807, 2.05) is 12.3 Å². The summed E-state index contributed by atoms with van der Waals surface area (Å²) in [6.07, 6.45) is 6.91. The molecule has 2 atom stereocenters. The lowest BCUT2D eigenvalue weighted by molar-refractivity contribution is -0.0497. The molecule has 1 N–H and O–H groups in total. The van der Waals surface area contributed by atoms with Crippen LogP contribution >= 0.6 is 0 Å². The molecule has 1 aromatic heterocycles. The van der Waals surface area contributed by atoms with E-state index in [0.717, 1.165) is 16.8 Å². The lowest BCUT2D eigenvalue weighted by atomic mass is 9.79. The third-order valence-corrected chi connectivity index (χ3v) is 4.29. The fourth-order valence-electron chi connectivity index (χ4n) is 3.35. The molecule has 0 saturated heterocycles. The van der Waals surface area contributed by atoms with Crippen LogP contribution in [0.2, 0.25) is 0 Å². The summed E-state index contributed by atoms with van der Waals surface area (Å²) in [6.45, 7) is -0.490. The minimum Gasteiger partial charge on any atom is -0.435 e. The van der Waals surface area contributed by atoms with Crippen LogP contribution in [0.5, 0.6) is 5.75 Å². The Bertz CT molecular complexity index is 593. The van der Waals surface area contributed by atoms with Gasteiger partial charge >= 0.3 is 6.61 Å². The van der Waals surface area contributed by atoms with Crippen molar-refractivity contribution in [1.82, 2.24) is 4.98 Å². The van der Waals surface area contributed by atoms with Gasteiger partial charge in [-0.25, -0.2) is 0 Å². The number of alkyl halides is 2. The molecule has 20 heavy (non-hydrogen) atoms.